The SMILES string of the molecule is CC(C)(CCCO)CNc1nsnc1Cl. The lowest BCUT2D eigenvalue weighted by Gasteiger charge is -2.24. The summed E-state index contributed by atoms with van der Waals surface area (Å²) in [6, 6.07) is 0. The molecule has 4 nitrogen and oxygen atoms in total. The summed E-state index contributed by atoms with van der Waals surface area (Å²) in [6.07, 6.45) is 1.78. The first kappa shape index (κ1) is 12.7. The zero-order valence-electron chi connectivity index (χ0n) is 8.96. The van der Waals surface area contributed by atoms with Gasteiger partial charge < -0.3 is 10.4 Å². The van der Waals surface area contributed by atoms with E-state index in [0.717, 1.165) is 31.1 Å². The topological polar surface area (TPSA) is 58.0 Å². The molecular formula is C9H16ClN3OS. The van der Waals surface area contributed by atoms with E-state index in [-0.39, 0.29) is 12.0 Å². The third-order valence-electron chi connectivity index (χ3n) is 2.19. The van der Waals surface area contributed by atoms with Crippen LogP contribution in [0.1, 0.15) is 26.7 Å². The highest BCUT2D eigenvalue weighted by Gasteiger charge is 2.18. The molecule has 86 valence electrons. The largest absolute Gasteiger partial charge is 0.396 e. The maximum Gasteiger partial charge on any atom is 0.186 e. The summed E-state index contributed by atoms with van der Waals surface area (Å²) in [5.41, 5.74) is 0.121. The second-order valence-corrected chi connectivity index (χ2v) is 5.14. The maximum atomic E-state index is 8.76. The molecule has 0 amide bonds. The van der Waals surface area contributed by atoms with E-state index in [1.807, 2.05) is 0 Å². The van der Waals surface area contributed by atoms with Gasteiger partial charge in [0.15, 0.2) is 11.0 Å². The number of nitrogens with one attached hydrogen (secondary N) is 1. The summed E-state index contributed by atoms with van der Waals surface area (Å²) in [5, 5.41) is 12.4. The third kappa shape index (κ3) is 4.32. The van der Waals surface area contributed by atoms with E-state index in [2.05, 4.69) is 27.9 Å². The second kappa shape index (κ2) is 5.63. The van der Waals surface area contributed by atoms with Gasteiger partial charge in [-0.1, -0.05) is 25.4 Å². The Bertz CT molecular complexity index is 303. The molecule has 0 bridgehead atoms. The van der Waals surface area contributed by atoms with Crippen LogP contribution in [0, 0.1) is 5.41 Å². The molecule has 0 aromatic carbocycles. The van der Waals surface area contributed by atoms with Gasteiger partial charge in [0.05, 0.1) is 11.7 Å². The normalized spacial score (nSPS) is 11.7. The molecule has 0 aliphatic carbocycles. The van der Waals surface area contributed by atoms with E-state index in [1.54, 1.807) is 0 Å². The van der Waals surface area contributed by atoms with Crippen molar-refractivity contribution in [1.29, 1.82) is 0 Å². The molecular weight excluding hydrogens is 234 g/mol. The monoisotopic (exact) mass is 249 g/mol. The standard InChI is InChI=1S/C9H16ClN3OS/c1-9(2,4-3-5-14)6-11-8-7(10)12-15-13-8/h14H,3-6H2,1-2H3,(H,11,13). The van der Waals surface area contributed by atoms with Crippen molar-refractivity contribution in [3.63, 3.8) is 0 Å². The van der Waals surface area contributed by atoms with Crippen molar-refractivity contribution in [2.24, 2.45) is 5.41 Å². The number of aliphatic hydroxyl groups excluding tert-OH is 1. The molecule has 1 rings (SSSR count). The molecule has 1 aromatic rings. The first-order chi connectivity index (χ1) is 7.05. The maximum absolute atomic E-state index is 8.76. The fourth-order valence-corrected chi connectivity index (χ4v) is 1.94. The molecule has 0 aliphatic heterocycles. The van der Waals surface area contributed by atoms with Crippen LogP contribution in [-0.4, -0.2) is 27.0 Å². The number of rotatable bonds is 6. The molecule has 0 fully saturated rings. The molecule has 2 N–H and O–H groups in total. The van der Waals surface area contributed by atoms with Crippen LogP contribution in [0.15, 0.2) is 0 Å². The van der Waals surface area contributed by atoms with Gasteiger partial charge in [0.1, 0.15) is 0 Å². The van der Waals surface area contributed by atoms with Crippen LogP contribution in [0.5, 0.6) is 0 Å². The zero-order valence-corrected chi connectivity index (χ0v) is 10.5. The fourth-order valence-electron chi connectivity index (χ4n) is 1.25. The lowest BCUT2D eigenvalue weighted by atomic mass is 9.88. The molecule has 1 aromatic heterocycles. The fraction of sp³-hybridized carbons (Fsp3) is 0.778. The van der Waals surface area contributed by atoms with E-state index in [0.29, 0.717) is 11.0 Å². The molecule has 0 saturated heterocycles. The number of hydrogen-bond donors (Lipinski definition) is 2. The summed E-state index contributed by atoms with van der Waals surface area (Å²) >= 11 is 6.91. The van der Waals surface area contributed by atoms with Crippen LogP contribution in [0.3, 0.4) is 0 Å². The second-order valence-electron chi connectivity index (χ2n) is 4.25. The molecule has 0 saturated carbocycles. The Morgan fingerprint density at radius 1 is 1.47 bits per heavy atom. The highest BCUT2D eigenvalue weighted by molar-refractivity contribution is 6.99. The van der Waals surface area contributed by atoms with Gasteiger partial charge in [0.2, 0.25) is 0 Å². The van der Waals surface area contributed by atoms with Gasteiger partial charge >= 0.3 is 0 Å². The molecule has 15 heavy (non-hydrogen) atoms. The van der Waals surface area contributed by atoms with Crippen LogP contribution >= 0.6 is 23.3 Å². The van der Waals surface area contributed by atoms with Crippen molar-refractivity contribution >= 4 is 29.1 Å². The summed E-state index contributed by atoms with van der Waals surface area (Å²) in [5.74, 6) is 0.652. The average molecular weight is 250 g/mol. The van der Waals surface area contributed by atoms with Crippen molar-refractivity contribution in [3.05, 3.63) is 5.15 Å². The molecule has 6 heteroatoms. The van der Waals surface area contributed by atoms with E-state index in [9.17, 15) is 0 Å². The van der Waals surface area contributed by atoms with Crippen molar-refractivity contribution in [2.45, 2.75) is 26.7 Å². The van der Waals surface area contributed by atoms with Gasteiger partial charge in [0.25, 0.3) is 0 Å². The molecule has 0 atom stereocenters. The Labute approximate surface area is 99.0 Å². The van der Waals surface area contributed by atoms with Crippen LogP contribution in [-0.2, 0) is 0 Å². The summed E-state index contributed by atoms with van der Waals surface area (Å²) < 4.78 is 7.91. The highest BCUT2D eigenvalue weighted by Crippen LogP contribution is 2.24. The molecule has 0 radical (unpaired) electrons. The first-order valence-electron chi connectivity index (χ1n) is 4.88. The molecule has 0 aliphatic rings. The van der Waals surface area contributed by atoms with E-state index < -0.39 is 0 Å². The van der Waals surface area contributed by atoms with Crippen LogP contribution in [0.2, 0.25) is 5.15 Å². The summed E-state index contributed by atoms with van der Waals surface area (Å²) in [4.78, 5) is 0. The smallest absolute Gasteiger partial charge is 0.186 e. The minimum atomic E-state index is 0.121. The van der Waals surface area contributed by atoms with Crippen LogP contribution in [0.25, 0.3) is 0 Å². The van der Waals surface area contributed by atoms with E-state index >= 15 is 0 Å². The lowest BCUT2D eigenvalue weighted by molar-refractivity contribution is 0.248. The Kier molecular flexibility index (Phi) is 4.76. The predicted molar refractivity (Wildman–Crippen MR) is 63.5 cm³/mol. The lowest BCUT2D eigenvalue weighted by Crippen LogP contribution is -2.23. The number of nitrogens with zero attached hydrogens (tertiary/aromatic N) is 2. The van der Waals surface area contributed by atoms with Crippen molar-refractivity contribution in [1.82, 2.24) is 8.75 Å². The van der Waals surface area contributed by atoms with Gasteiger partial charge in [-0.2, -0.15) is 8.75 Å². The van der Waals surface area contributed by atoms with Gasteiger partial charge in [-0.05, 0) is 18.3 Å². The van der Waals surface area contributed by atoms with Crippen molar-refractivity contribution in [3.8, 4) is 0 Å². The van der Waals surface area contributed by atoms with Gasteiger partial charge in [-0.3, -0.25) is 0 Å². The quantitative estimate of drug-likeness (QED) is 0.813. The Morgan fingerprint density at radius 3 is 2.73 bits per heavy atom. The number of anilines is 1. The average Bonchev–Trinajstić information content (AvgIpc) is 2.58. The predicted octanol–water partition coefficient (Wildman–Crippen LogP) is 2.40. The van der Waals surface area contributed by atoms with E-state index in [1.165, 1.54) is 0 Å². The summed E-state index contributed by atoms with van der Waals surface area (Å²) in [6.45, 7) is 5.30. The van der Waals surface area contributed by atoms with E-state index in [4.69, 9.17) is 16.7 Å². The number of aromatic nitrogens is 2. The number of hydrogen-bond acceptors (Lipinski definition) is 5. The zero-order chi connectivity index (χ0) is 11.3. The Morgan fingerprint density at radius 2 is 2.20 bits per heavy atom. The number of halogens is 1. The molecule has 0 spiro atoms. The Hall–Kier alpha value is -0.390. The minimum Gasteiger partial charge on any atom is -0.396 e. The Balaban J connectivity index is 2.39. The van der Waals surface area contributed by atoms with Crippen molar-refractivity contribution < 1.29 is 5.11 Å². The molecule has 1 heterocycles. The molecule has 0 unspecified atom stereocenters. The van der Waals surface area contributed by atoms with Gasteiger partial charge in [-0.25, -0.2) is 0 Å². The summed E-state index contributed by atoms with van der Waals surface area (Å²) in [7, 11) is 0. The van der Waals surface area contributed by atoms with Gasteiger partial charge in [-0.15, -0.1) is 0 Å². The van der Waals surface area contributed by atoms with Crippen molar-refractivity contribution in [2.75, 3.05) is 18.5 Å². The van der Waals surface area contributed by atoms with Gasteiger partial charge in [0, 0.05) is 13.2 Å². The van der Waals surface area contributed by atoms with Crippen LogP contribution in [0.4, 0.5) is 5.82 Å². The highest BCUT2D eigenvalue weighted by atomic mass is 35.5. The van der Waals surface area contributed by atoms with Crippen LogP contribution < -0.4 is 5.32 Å². The first-order valence-corrected chi connectivity index (χ1v) is 5.99. The number of aliphatic hydroxyl groups is 1. The third-order valence-corrected chi connectivity index (χ3v) is 3.09. The minimum absolute atomic E-state index is 0.121.